The zero-order valence-electron chi connectivity index (χ0n) is 9.40. The van der Waals surface area contributed by atoms with E-state index in [1.807, 2.05) is 6.07 Å². The second-order valence-electron chi connectivity index (χ2n) is 3.87. The van der Waals surface area contributed by atoms with Crippen molar-refractivity contribution >= 4 is 21.9 Å². The van der Waals surface area contributed by atoms with E-state index in [9.17, 15) is 4.79 Å². The summed E-state index contributed by atoms with van der Waals surface area (Å²) in [5.41, 5.74) is 0.919. The molecule has 0 saturated carbocycles. The third-order valence-corrected chi connectivity index (χ3v) is 2.44. The van der Waals surface area contributed by atoms with E-state index in [1.54, 1.807) is 0 Å². The molecule has 0 aromatic carbocycles. The van der Waals surface area contributed by atoms with Crippen LogP contribution in [0.2, 0.25) is 0 Å². The number of carbonyl (C=O) groups is 1. The Morgan fingerprint density at radius 1 is 1.69 bits per heavy atom. The van der Waals surface area contributed by atoms with Crippen LogP contribution in [0.1, 0.15) is 19.5 Å². The lowest BCUT2D eigenvalue weighted by molar-refractivity contribution is -0.137. The molecular weight excluding hydrogens is 274 g/mol. The summed E-state index contributed by atoms with van der Waals surface area (Å²) in [6, 6.07) is 2.28. The SMILES string of the molecule is CC(C)NCCc1cc(Br)nn1CC(=O)O. The lowest BCUT2D eigenvalue weighted by Gasteiger charge is -2.08. The molecule has 0 saturated heterocycles. The van der Waals surface area contributed by atoms with Gasteiger partial charge in [-0.3, -0.25) is 9.48 Å². The first-order chi connectivity index (χ1) is 7.49. The Balaban J connectivity index is 2.60. The monoisotopic (exact) mass is 289 g/mol. The highest BCUT2D eigenvalue weighted by Crippen LogP contribution is 2.11. The molecule has 5 nitrogen and oxygen atoms in total. The van der Waals surface area contributed by atoms with E-state index in [0.717, 1.165) is 18.7 Å². The fourth-order valence-corrected chi connectivity index (χ4v) is 1.83. The predicted octanol–water partition coefficient (Wildman–Crippen LogP) is 1.27. The van der Waals surface area contributed by atoms with Crippen molar-refractivity contribution in [2.75, 3.05) is 6.54 Å². The highest BCUT2D eigenvalue weighted by atomic mass is 79.9. The Morgan fingerprint density at radius 2 is 2.38 bits per heavy atom. The molecule has 1 aromatic heterocycles. The third-order valence-electron chi connectivity index (χ3n) is 2.05. The maximum atomic E-state index is 10.6. The van der Waals surface area contributed by atoms with Gasteiger partial charge in [-0.05, 0) is 22.0 Å². The molecule has 1 aromatic rings. The number of nitrogens with zero attached hydrogens (tertiary/aromatic N) is 2. The van der Waals surface area contributed by atoms with Crippen molar-refractivity contribution < 1.29 is 9.90 Å². The van der Waals surface area contributed by atoms with E-state index >= 15 is 0 Å². The van der Waals surface area contributed by atoms with Crippen LogP contribution >= 0.6 is 15.9 Å². The Bertz CT molecular complexity index is 363. The Kier molecular flexibility index (Phi) is 4.95. The van der Waals surface area contributed by atoms with Crippen molar-refractivity contribution in [3.63, 3.8) is 0 Å². The van der Waals surface area contributed by atoms with Crippen molar-refractivity contribution in [2.45, 2.75) is 32.9 Å². The Hall–Kier alpha value is -0.880. The molecule has 90 valence electrons. The zero-order valence-corrected chi connectivity index (χ0v) is 11.0. The third kappa shape index (κ3) is 4.32. The first-order valence-electron chi connectivity index (χ1n) is 5.16. The van der Waals surface area contributed by atoms with Crippen molar-refractivity contribution in [1.29, 1.82) is 0 Å². The fourth-order valence-electron chi connectivity index (χ4n) is 1.38. The standard InChI is InChI=1S/C10H16BrN3O2/c1-7(2)12-4-3-8-5-9(11)13-14(8)6-10(15)16/h5,7,12H,3-4,6H2,1-2H3,(H,15,16). The molecule has 0 aliphatic carbocycles. The lowest BCUT2D eigenvalue weighted by atomic mass is 10.3. The average molecular weight is 290 g/mol. The smallest absolute Gasteiger partial charge is 0.325 e. The van der Waals surface area contributed by atoms with Crippen LogP contribution < -0.4 is 5.32 Å². The first kappa shape index (κ1) is 13.2. The number of halogens is 1. The highest BCUT2D eigenvalue weighted by molar-refractivity contribution is 9.10. The van der Waals surface area contributed by atoms with Gasteiger partial charge in [0, 0.05) is 24.7 Å². The van der Waals surface area contributed by atoms with Gasteiger partial charge >= 0.3 is 5.97 Å². The number of rotatable bonds is 6. The van der Waals surface area contributed by atoms with Gasteiger partial charge in [0.2, 0.25) is 0 Å². The average Bonchev–Trinajstić information content (AvgIpc) is 2.44. The van der Waals surface area contributed by atoms with Gasteiger partial charge in [-0.25, -0.2) is 0 Å². The van der Waals surface area contributed by atoms with E-state index in [2.05, 4.69) is 40.2 Å². The molecule has 16 heavy (non-hydrogen) atoms. The van der Waals surface area contributed by atoms with Crippen LogP contribution in [-0.4, -0.2) is 33.4 Å². The maximum absolute atomic E-state index is 10.6. The minimum absolute atomic E-state index is 0.0946. The van der Waals surface area contributed by atoms with Gasteiger partial charge in [-0.15, -0.1) is 0 Å². The number of hydrogen-bond acceptors (Lipinski definition) is 3. The van der Waals surface area contributed by atoms with E-state index in [0.29, 0.717) is 10.6 Å². The molecule has 0 fully saturated rings. The van der Waals surface area contributed by atoms with E-state index in [4.69, 9.17) is 5.11 Å². The molecule has 0 bridgehead atoms. The number of aromatic nitrogens is 2. The summed E-state index contributed by atoms with van der Waals surface area (Å²) in [5, 5.41) is 16.1. The molecule has 0 atom stereocenters. The second-order valence-corrected chi connectivity index (χ2v) is 4.68. The molecule has 0 radical (unpaired) electrons. The molecule has 1 heterocycles. The summed E-state index contributed by atoms with van der Waals surface area (Å²) >= 11 is 3.25. The minimum Gasteiger partial charge on any atom is -0.480 e. The van der Waals surface area contributed by atoms with Crippen LogP contribution in [-0.2, 0) is 17.8 Å². The van der Waals surface area contributed by atoms with Crippen molar-refractivity contribution in [3.05, 3.63) is 16.4 Å². The molecule has 6 heteroatoms. The summed E-state index contributed by atoms with van der Waals surface area (Å²) in [5.74, 6) is -0.881. The van der Waals surface area contributed by atoms with Crippen LogP contribution in [0.5, 0.6) is 0 Å². The molecule has 0 spiro atoms. The highest BCUT2D eigenvalue weighted by Gasteiger charge is 2.09. The summed E-state index contributed by atoms with van der Waals surface area (Å²) in [6.45, 7) is 4.87. The number of carboxylic acid groups (broad SMARTS) is 1. The van der Waals surface area contributed by atoms with Gasteiger partial charge in [-0.2, -0.15) is 5.10 Å². The summed E-state index contributed by atoms with van der Waals surface area (Å²) in [7, 11) is 0. The fraction of sp³-hybridized carbons (Fsp3) is 0.600. The molecule has 0 unspecified atom stereocenters. The van der Waals surface area contributed by atoms with Crippen LogP contribution in [0.4, 0.5) is 0 Å². The van der Waals surface area contributed by atoms with Crippen LogP contribution in [0.3, 0.4) is 0 Å². The minimum atomic E-state index is -0.881. The quantitative estimate of drug-likeness (QED) is 0.828. The number of nitrogens with one attached hydrogen (secondary N) is 1. The normalized spacial score (nSPS) is 11.0. The molecule has 0 aliphatic heterocycles. The summed E-state index contributed by atoms with van der Waals surface area (Å²) in [6.07, 6.45) is 0.768. The zero-order chi connectivity index (χ0) is 12.1. The van der Waals surface area contributed by atoms with Crippen LogP contribution in [0.25, 0.3) is 0 Å². The Morgan fingerprint density at radius 3 is 2.94 bits per heavy atom. The number of hydrogen-bond donors (Lipinski definition) is 2. The van der Waals surface area contributed by atoms with Crippen molar-refractivity contribution in [3.8, 4) is 0 Å². The van der Waals surface area contributed by atoms with Crippen LogP contribution in [0, 0.1) is 0 Å². The van der Waals surface area contributed by atoms with Gasteiger partial charge in [0.15, 0.2) is 0 Å². The van der Waals surface area contributed by atoms with Gasteiger partial charge < -0.3 is 10.4 Å². The molecule has 1 rings (SSSR count). The van der Waals surface area contributed by atoms with E-state index < -0.39 is 5.97 Å². The second kappa shape index (κ2) is 6.00. The Labute approximate surface area is 103 Å². The van der Waals surface area contributed by atoms with Gasteiger partial charge in [0.25, 0.3) is 0 Å². The van der Waals surface area contributed by atoms with E-state index in [-0.39, 0.29) is 6.54 Å². The molecule has 0 amide bonds. The lowest BCUT2D eigenvalue weighted by Crippen LogP contribution is -2.26. The number of aliphatic carboxylic acids is 1. The van der Waals surface area contributed by atoms with Crippen LogP contribution in [0.15, 0.2) is 10.7 Å². The van der Waals surface area contributed by atoms with Gasteiger partial charge in [0.1, 0.15) is 11.1 Å². The van der Waals surface area contributed by atoms with Crippen molar-refractivity contribution in [1.82, 2.24) is 15.1 Å². The molecule has 0 aliphatic rings. The van der Waals surface area contributed by atoms with Crippen molar-refractivity contribution in [2.24, 2.45) is 0 Å². The molecular formula is C10H16BrN3O2. The van der Waals surface area contributed by atoms with Gasteiger partial charge in [0.05, 0.1) is 0 Å². The van der Waals surface area contributed by atoms with Gasteiger partial charge in [-0.1, -0.05) is 13.8 Å². The van der Waals surface area contributed by atoms with E-state index in [1.165, 1.54) is 4.68 Å². The summed E-state index contributed by atoms with van der Waals surface area (Å²) in [4.78, 5) is 10.6. The number of carboxylic acids is 1. The predicted molar refractivity (Wildman–Crippen MR) is 64.4 cm³/mol. The largest absolute Gasteiger partial charge is 0.480 e. The summed E-state index contributed by atoms with van der Waals surface area (Å²) < 4.78 is 2.18. The first-order valence-corrected chi connectivity index (χ1v) is 5.95. The maximum Gasteiger partial charge on any atom is 0.325 e. The topological polar surface area (TPSA) is 67.2 Å². The molecule has 2 N–H and O–H groups in total.